The van der Waals surface area contributed by atoms with E-state index >= 15 is 0 Å². The van der Waals surface area contributed by atoms with Crippen LogP contribution in [0.25, 0.3) is 11.1 Å². The third-order valence-corrected chi connectivity index (χ3v) is 7.54. The highest BCUT2D eigenvalue weighted by Gasteiger charge is 2.31. The van der Waals surface area contributed by atoms with Gasteiger partial charge >= 0.3 is 11.7 Å². The Kier molecular flexibility index (Phi) is 6.53. The van der Waals surface area contributed by atoms with Crippen LogP contribution in [0.1, 0.15) is 13.0 Å². The molecule has 1 amide bonds. The zero-order valence-electron chi connectivity index (χ0n) is 18.2. The maximum absolute atomic E-state index is 13.1. The molecule has 0 radical (unpaired) electrons. The number of sulfonamides is 1. The van der Waals surface area contributed by atoms with E-state index in [1.54, 1.807) is 24.3 Å². The number of hydrogen-bond donors (Lipinski definition) is 0. The van der Waals surface area contributed by atoms with Crippen LogP contribution in [0.3, 0.4) is 0 Å². The van der Waals surface area contributed by atoms with Crippen molar-refractivity contribution in [3.05, 3.63) is 64.9 Å². The van der Waals surface area contributed by atoms with Crippen LogP contribution in [-0.2, 0) is 24.3 Å². The number of ether oxygens (including phenoxy) is 1. The average Bonchev–Trinajstić information content (AvgIpc) is 3.17. The molecule has 180 valence electrons. The maximum atomic E-state index is 13.1. The lowest BCUT2D eigenvalue weighted by Crippen LogP contribution is -2.51. The van der Waals surface area contributed by atoms with Crippen molar-refractivity contribution < 1.29 is 31.6 Å². The molecule has 1 aromatic heterocycles. The number of fused-ring (bicyclic) bond motifs is 1. The number of nitrogens with zero attached hydrogens (tertiary/aromatic N) is 3. The van der Waals surface area contributed by atoms with Crippen molar-refractivity contribution in [1.82, 2.24) is 13.8 Å². The summed E-state index contributed by atoms with van der Waals surface area (Å²) < 4.78 is 51.1. The van der Waals surface area contributed by atoms with Crippen molar-refractivity contribution in [3.63, 3.8) is 0 Å². The van der Waals surface area contributed by atoms with Crippen LogP contribution in [0.5, 0.6) is 0 Å². The van der Waals surface area contributed by atoms with Gasteiger partial charge in [0.25, 0.3) is 5.91 Å². The number of amides is 1. The van der Waals surface area contributed by atoms with Gasteiger partial charge in [-0.05, 0) is 43.3 Å². The molecule has 12 heteroatoms. The van der Waals surface area contributed by atoms with Crippen LogP contribution in [0.2, 0.25) is 0 Å². The van der Waals surface area contributed by atoms with Crippen LogP contribution in [0, 0.1) is 5.82 Å². The summed E-state index contributed by atoms with van der Waals surface area (Å²) in [4.78, 5) is 38.5. The van der Waals surface area contributed by atoms with Crippen LogP contribution >= 0.6 is 0 Å². The fourth-order valence-electron chi connectivity index (χ4n) is 3.73. The smallest absolute Gasteiger partial charge is 0.420 e. The second kappa shape index (κ2) is 9.39. The highest BCUT2D eigenvalue weighted by Crippen LogP contribution is 2.19. The Bertz CT molecular complexity index is 1370. The average molecular weight is 491 g/mol. The van der Waals surface area contributed by atoms with Gasteiger partial charge in [-0.25, -0.2) is 22.4 Å². The molecule has 0 saturated carbocycles. The summed E-state index contributed by atoms with van der Waals surface area (Å²) in [6.45, 7) is 1.24. The van der Waals surface area contributed by atoms with Crippen LogP contribution in [0.15, 0.2) is 62.6 Å². The predicted molar refractivity (Wildman–Crippen MR) is 118 cm³/mol. The lowest BCUT2D eigenvalue weighted by atomic mass is 10.3. The predicted octanol–water partition coefficient (Wildman–Crippen LogP) is 1.37. The van der Waals surface area contributed by atoms with Gasteiger partial charge in [-0.3, -0.25) is 9.36 Å². The van der Waals surface area contributed by atoms with Gasteiger partial charge in [-0.1, -0.05) is 12.1 Å². The van der Waals surface area contributed by atoms with Crippen LogP contribution in [-0.4, -0.2) is 66.9 Å². The van der Waals surface area contributed by atoms with Crippen molar-refractivity contribution in [2.24, 2.45) is 0 Å². The van der Waals surface area contributed by atoms with Crippen molar-refractivity contribution in [2.75, 3.05) is 32.8 Å². The molecule has 4 rings (SSSR count). The number of benzene rings is 2. The van der Waals surface area contributed by atoms with E-state index in [2.05, 4.69) is 0 Å². The highest BCUT2D eigenvalue weighted by molar-refractivity contribution is 7.89. The molecular weight excluding hydrogens is 469 g/mol. The summed E-state index contributed by atoms with van der Waals surface area (Å²) in [5.41, 5.74) is 0.762. The molecule has 1 unspecified atom stereocenters. The van der Waals surface area contributed by atoms with Crippen molar-refractivity contribution >= 4 is 33.0 Å². The highest BCUT2D eigenvalue weighted by atomic mass is 32.2. The fraction of sp³-hybridized carbons (Fsp3) is 0.318. The van der Waals surface area contributed by atoms with Gasteiger partial charge in [0, 0.05) is 26.2 Å². The van der Waals surface area contributed by atoms with Gasteiger partial charge in [0.1, 0.15) is 11.9 Å². The van der Waals surface area contributed by atoms with Gasteiger partial charge in [0.15, 0.2) is 12.2 Å². The minimum atomic E-state index is -3.81. The third-order valence-electron chi connectivity index (χ3n) is 5.63. The minimum absolute atomic E-state index is 0.0291. The Morgan fingerprint density at radius 3 is 2.38 bits per heavy atom. The number of hydrogen-bond acceptors (Lipinski definition) is 7. The Balaban J connectivity index is 1.32. The maximum Gasteiger partial charge on any atom is 0.420 e. The van der Waals surface area contributed by atoms with E-state index in [1.807, 2.05) is 0 Å². The van der Waals surface area contributed by atoms with E-state index in [9.17, 15) is 27.2 Å². The normalized spacial score (nSPS) is 15.9. The Morgan fingerprint density at radius 2 is 1.71 bits per heavy atom. The first-order valence-corrected chi connectivity index (χ1v) is 11.9. The van der Waals surface area contributed by atoms with Gasteiger partial charge in [-0.2, -0.15) is 4.31 Å². The van der Waals surface area contributed by atoms with Gasteiger partial charge in [0.2, 0.25) is 10.0 Å². The lowest BCUT2D eigenvalue weighted by molar-refractivity contribution is -0.154. The zero-order chi connectivity index (χ0) is 24.5. The first-order chi connectivity index (χ1) is 16.2. The number of esters is 1. The van der Waals surface area contributed by atoms with Gasteiger partial charge < -0.3 is 14.1 Å². The number of rotatable bonds is 6. The first-order valence-electron chi connectivity index (χ1n) is 10.5. The SMILES string of the molecule is CC(C(=O)OCC(=O)N1CCN(S(=O)(=O)c2ccc(F)cc2)CC1)n1c(=O)oc2ccccc21. The van der Waals surface area contributed by atoms with E-state index < -0.39 is 46.1 Å². The number of para-hydroxylation sites is 2. The molecule has 1 atom stereocenters. The number of aromatic nitrogens is 1. The van der Waals surface area contributed by atoms with Crippen molar-refractivity contribution in [1.29, 1.82) is 0 Å². The molecule has 34 heavy (non-hydrogen) atoms. The topological polar surface area (TPSA) is 119 Å². The fourth-order valence-corrected chi connectivity index (χ4v) is 5.16. The molecule has 1 aliphatic rings. The Labute approximate surface area is 194 Å². The standard InChI is InChI=1S/C22H22FN3O7S/c1-15(26-18-4-2-3-5-19(18)33-22(26)29)21(28)32-14-20(27)24-10-12-25(13-11-24)34(30,31)17-8-6-16(23)7-9-17/h2-9,15H,10-14H2,1H3. The molecule has 0 bridgehead atoms. The number of halogens is 1. The number of oxazole rings is 1. The van der Waals surface area contributed by atoms with Gasteiger partial charge in [-0.15, -0.1) is 0 Å². The molecule has 2 aromatic carbocycles. The van der Waals surface area contributed by atoms with Gasteiger partial charge in [0.05, 0.1) is 10.4 Å². The lowest BCUT2D eigenvalue weighted by Gasteiger charge is -2.33. The van der Waals surface area contributed by atoms with E-state index in [1.165, 1.54) is 28.3 Å². The Morgan fingerprint density at radius 1 is 1.06 bits per heavy atom. The molecule has 10 nitrogen and oxygen atoms in total. The quantitative estimate of drug-likeness (QED) is 0.478. The van der Waals surface area contributed by atoms with Crippen LogP contribution in [0.4, 0.5) is 4.39 Å². The molecule has 0 aliphatic carbocycles. The van der Waals surface area contributed by atoms with Crippen LogP contribution < -0.4 is 5.76 Å². The minimum Gasteiger partial charge on any atom is -0.454 e. The molecule has 1 fully saturated rings. The molecule has 0 spiro atoms. The summed E-state index contributed by atoms with van der Waals surface area (Å²) in [5.74, 6) is -2.51. The molecule has 2 heterocycles. The van der Waals surface area contributed by atoms with E-state index in [0.29, 0.717) is 11.1 Å². The van der Waals surface area contributed by atoms with Crippen molar-refractivity contribution in [2.45, 2.75) is 17.9 Å². The van der Waals surface area contributed by atoms with Crippen molar-refractivity contribution in [3.8, 4) is 0 Å². The monoisotopic (exact) mass is 491 g/mol. The summed E-state index contributed by atoms with van der Waals surface area (Å²) >= 11 is 0. The molecule has 1 aliphatic heterocycles. The first kappa shape index (κ1) is 23.6. The molecule has 3 aromatic rings. The van der Waals surface area contributed by atoms with E-state index in [0.717, 1.165) is 16.7 Å². The summed E-state index contributed by atoms with van der Waals surface area (Å²) in [7, 11) is -3.81. The third kappa shape index (κ3) is 4.59. The molecule has 1 saturated heterocycles. The summed E-state index contributed by atoms with van der Waals surface area (Å²) in [6.07, 6.45) is 0. The second-order valence-corrected chi connectivity index (χ2v) is 9.67. The molecule has 0 N–H and O–H groups in total. The summed E-state index contributed by atoms with van der Waals surface area (Å²) in [5, 5.41) is 0. The largest absolute Gasteiger partial charge is 0.454 e. The van der Waals surface area contributed by atoms with E-state index in [-0.39, 0.29) is 31.1 Å². The zero-order valence-corrected chi connectivity index (χ0v) is 19.0. The number of piperazine rings is 1. The second-order valence-electron chi connectivity index (χ2n) is 7.73. The van der Waals surface area contributed by atoms with E-state index in [4.69, 9.17) is 9.15 Å². The number of carbonyl (C=O) groups is 2. The number of carbonyl (C=O) groups excluding carboxylic acids is 2. The molecular formula is C22H22FN3O7S. The Hall–Kier alpha value is -3.51. The summed E-state index contributed by atoms with van der Waals surface area (Å²) in [6, 6.07) is 10.1.